The van der Waals surface area contributed by atoms with E-state index in [1.165, 1.54) is 6.07 Å². The van der Waals surface area contributed by atoms with Crippen molar-refractivity contribution in [2.24, 2.45) is 0 Å². The third kappa shape index (κ3) is 4.24. The van der Waals surface area contributed by atoms with Gasteiger partial charge in [0.25, 0.3) is 0 Å². The molecule has 164 valence electrons. The Morgan fingerprint density at radius 2 is 1.38 bits per heavy atom. The summed E-state index contributed by atoms with van der Waals surface area (Å²) in [7, 11) is 3.99. The van der Waals surface area contributed by atoms with E-state index in [1.54, 1.807) is 18.2 Å². The lowest BCUT2D eigenvalue weighted by molar-refractivity contribution is 0.575. The third-order valence-electron chi connectivity index (χ3n) is 5.65. The number of oxazole rings is 1. The highest BCUT2D eigenvalue weighted by Gasteiger charge is 2.20. The Labute approximate surface area is 188 Å². The van der Waals surface area contributed by atoms with Gasteiger partial charge in [0.15, 0.2) is 5.76 Å². The van der Waals surface area contributed by atoms with Gasteiger partial charge in [-0.1, -0.05) is 24.3 Å². The highest BCUT2D eigenvalue weighted by Crippen LogP contribution is 2.37. The molecule has 0 aliphatic heterocycles. The average molecular weight is 430 g/mol. The molecule has 0 aliphatic carbocycles. The Hall–Kier alpha value is -3.60. The van der Waals surface area contributed by atoms with Crippen molar-refractivity contribution >= 4 is 11.4 Å². The number of aromatic nitrogens is 1. The minimum atomic E-state index is -0.335. The van der Waals surface area contributed by atoms with Gasteiger partial charge < -0.3 is 14.2 Å². The van der Waals surface area contributed by atoms with E-state index in [2.05, 4.69) is 30.9 Å². The van der Waals surface area contributed by atoms with Crippen LogP contribution in [0.25, 0.3) is 34.0 Å². The molecule has 0 saturated heterocycles. The Morgan fingerprint density at radius 3 is 1.97 bits per heavy atom. The van der Waals surface area contributed by atoms with Gasteiger partial charge in [0.1, 0.15) is 11.5 Å². The average Bonchev–Trinajstić information content (AvgIpc) is 3.26. The molecular formula is C27H28FN3O. The molecule has 4 aromatic rings. The molecule has 1 aromatic heterocycles. The van der Waals surface area contributed by atoms with Crippen LogP contribution >= 0.6 is 0 Å². The van der Waals surface area contributed by atoms with Crippen molar-refractivity contribution in [3.05, 3.63) is 78.6 Å². The van der Waals surface area contributed by atoms with E-state index in [1.807, 2.05) is 55.4 Å². The first-order valence-electron chi connectivity index (χ1n) is 10.9. The molecule has 1 heterocycles. The summed E-state index contributed by atoms with van der Waals surface area (Å²) in [6.45, 7) is 6.17. The number of hydrogen-bond acceptors (Lipinski definition) is 4. The van der Waals surface area contributed by atoms with Crippen molar-refractivity contribution in [3.8, 4) is 34.0 Å². The maximum Gasteiger partial charge on any atom is 0.227 e. The van der Waals surface area contributed by atoms with Crippen molar-refractivity contribution < 1.29 is 8.81 Å². The second kappa shape index (κ2) is 9.27. The van der Waals surface area contributed by atoms with E-state index in [0.29, 0.717) is 22.9 Å². The van der Waals surface area contributed by atoms with Gasteiger partial charge in [-0.15, -0.1) is 0 Å². The molecule has 0 aliphatic rings. The summed E-state index contributed by atoms with van der Waals surface area (Å²) in [5.41, 5.74) is 5.00. The number of benzene rings is 3. The van der Waals surface area contributed by atoms with Crippen LogP contribution in [0.15, 0.2) is 77.2 Å². The summed E-state index contributed by atoms with van der Waals surface area (Å²) in [5.74, 6) is 0.572. The van der Waals surface area contributed by atoms with E-state index in [0.717, 1.165) is 35.6 Å². The Morgan fingerprint density at radius 1 is 0.781 bits per heavy atom. The zero-order valence-corrected chi connectivity index (χ0v) is 19.0. The fraction of sp³-hybridized carbons (Fsp3) is 0.222. The monoisotopic (exact) mass is 429 g/mol. The Kier molecular flexibility index (Phi) is 6.26. The summed E-state index contributed by atoms with van der Waals surface area (Å²) >= 11 is 0. The third-order valence-corrected chi connectivity index (χ3v) is 5.65. The van der Waals surface area contributed by atoms with Crippen LogP contribution in [0.5, 0.6) is 0 Å². The molecule has 5 heteroatoms. The van der Waals surface area contributed by atoms with Crippen LogP contribution in [0.3, 0.4) is 0 Å². The predicted molar refractivity (Wildman–Crippen MR) is 131 cm³/mol. The maximum absolute atomic E-state index is 14.7. The lowest BCUT2D eigenvalue weighted by Gasteiger charge is -2.20. The number of rotatable bonds is 7. The molecule has 32 heavy (non-hydrogen) atoms. The molecule has 0 unspecified atom stereocenters. The molecule has 4 nitrogen and oxygen atoms in total. The molecular weight excluding hydrogens is 401 g/mol. The SMILES string of the molecule is CCN(CC)c1ccc(-c2nc(-c3ccc(N(C)C)cc3)c(-c3ccccc3F)o2)cc1. The van der Waals surface area contributed by atoms with Crippen LogP contribution in [0.1, 0.15) is 13.8 Å². The van der Waals surface area contributed by atoms with Gasteiger partial charge in [-0.05, 0) is 62.4 Å². The summed E-state index contributed by atoms with van der Waals surface area (Å²) in [6.07, 6.45) is 0. The normalized spacial score (nSPS) is 10.9. The second-order valence-electron chi connectivity index (χ2n) is 7.84. The van der Waals surface area contributed by atoms with E-state index < -0.39 is 0 Å². The van der Waals surface area contributed by atoms with Crippen LogP contribution in [-0.2, 0) is 0 Å². The first kappa shape index (κ1) is 21.6. The van der Waals surface area contributed by atoms with Crippen molar-refractivity contribution in [1.29, 1.82) is 0 Å². The fourth-order valence-corrected chi connectivity index (χ4v) is 3.79. The van der Waals surface area contributed by atoms with Gasteiger partial charge in [0.2, 0.25) is 5.89 Å². The van der Waals surface area contributed by atoms with Gasteiger partial charge in [-0.25, -0.2) is 9.37 Å². The zero-order valence-electron chi connectivity index (χ0n) is 19.0. The van der Waals surface area contributed by atoms with Crippen molar-refractivity contribution in [2.75, 3.05) is 37.0 Å². The molecule has 0 bridgehead atoms. The largest absolute Gasteiger partial charge is 0.435 e. The van der Waals surface area contributed by atoms with Crippen LogP contribution in [0.4, 0.5) is 15.8 Å². The summed E-state index contributed by atoms with van der Waals surface area (Å²) in [4.78, 5) is 9.11. The topological polar surface area (TPSA) is 32.5 Å². The minimum Gasteiger partial charge on any atom is -0.435 e. The van der Waals surface area contributed by atoms with E-state index >= 15 is 0 Å². The highest BCUT2D eigenvalue weighted by molar-refractivity contribution is 5.80. The lowest BCUT2D eigenvalue weighted by Crippen LogP contribution is -2.21. The van der Waals surface area contributed by atoms with E-state index in [-0.39, 0.29) is 5.82 Å². The summed E-state index contributed by atoms with van der Waals surface area (Å²) in [5, 5.41) is 0. The molecule has 0 N–H and O–H groups in total. The van der Waals surface area contributed by atoms with Crippen molar-refractivity contribution in [3.63, 3.8) is 0 Å². The van der Waals surface area contributed by atoms with Gasteiger partial charge in [-0.3, -0.25) is 0 Å². The number of nitrogens with zero attached hydrogens (tertiary/aromatic N) is 3. The van der Waals surface area contributed by atoms with Gasteiger partial charge >= 0.3 is 0 Å². The standard InChI is InChI=1S/C27H28FN3O/c1-5-31(6-2)22-17-13-20(14-18-22)27-29-25(19-11-15-21(16-12-19)30(3)4)26(32-27)23-9-7-8-10-24(23)28/h7-18H,5-6H2,1-4H3. The number of halogens is 1. The van der Waals surface area contributed by atoms with Crippen molar-refractivity contribution in [2.45, 2.75) is 13.8 Å². The summed E-state index contributed by atoms with van der Waals surface area (Å²) < 4.78 is 20.9. The maximum atomic E-state index is 14.7. The van der Waals surface area contributed by atoms with Crippen LogP contribution < -0.4 is 9.80 Å². The van der Waals surface area contributed by atoms with E-state index in [4.69, 9.17) is 9.40 Å². The highest BCUT2D eigenvalue weighted by atomic mass is 19.1. The first-order valence-corrected chi connectivity index (χ1v) is 10.9. The first-order chi connectivity index (χ1) is 15.5. The molecule has 3 aromatic carbocycles. The van der Waals surface area contributed by atoms with Crippen LogP contribution in [0.2, 0.25) is 0 Å². The Balaban J connectivity index is 1.80. The molecule has 0 saturated carbocycles. The molecule has 0 spiro atoms. The van der Waals surface area contributed by atoms with Gasteiger partial charge in [0, 0.05) is 49.7 Å². The predicted octanol–water partition coefficient (Wildman–Crippen LogP) is 6.73. The molecule has 0 atom stereocenters. The van der Waals surface area contributed by atoms with Crippen LogP contribution in [-0.4, -0.2) is 32.2 Å². The van der Waals surface area contributed by atoms with Crippen molar-refractivity contribution in [1.82, 2.24) is 4.98 Å². The minimum absolute atomic E-state index is 0.335. The number of anilines is 2. The summed E-state index contributed by atoms with van der Waals surface area (Å²) in [6, 6.07) is 22.8. The molecule has 4 rings (SSSR count). The van der Waals surface area contributed by atoms with Gasteiger partial charge in [0.05, 0.1) is 5.56 Å². The Bertz CT molecular complexity index is 1180. The zero-order chi connectivity index (χ0) is 22.7. The molecule has 0 amide bonds. The number of hydrogen-bond donors (Lipinski definition) is 0. The lowest BCUT2D eigenvalue weighted by atomic mass is 10.0. The van der Waals surface area contributed by atoms with E-state index in [9.17, 15) is 4.39 Å². The smallest absolute Gasteiger partial charge is 0.227 e. The molecule has 0 fully saturated rings. The fourth-order valence-electron chi connectivity index (χ4n) is 3.79. The quantitative estimate of drug-likeness (QED) is 0.326. The molecule has 0 radical (unpaired) electrons. The van der Waals surface area contributed by atoms with Gasteiger partial charge in [-0.2, -0.15) is 0 Å². The van der Waals surface area contributed by atoms with Crippen LogP contribution in [0, 0.1) is 5.82 Å². The second-order valence-corrected chi connectivity index (χ2v) is 7.84.